The van der Waals surface area contributed by atoms with Crippen LogP contribution in [0.4, 0.5) is 5.69 Å². The third-order valence-electron chi connectivity index (χ3n) is 8.37. The molecule has 0 saturated carbocycles. The summed E-state index contributed by atoms with van der Waals surface area (Å²) in [4.78, 5) is 42.9. The molecular weight excluding hydrogens is 466 g/mol. The van der Waals surface area contributed by atoms with Gasteiger partial charge in [-0.3, -0.25) is 24.6 Å². The van der Waals surface area contributed by atoms with Crippen LogP contribution in [0.5, 0.6) is 5.75 Å². The Morgan fingerprint density at radius 1 is 0.892 bits per heavy atom. The summed E-state index contributed by atoms with van der Waals surface area (Å²) in [5, 5.41) is 16.2. The standard InChI is InChI=1S/C30H29N3O4/c1-17-8-13-22-26(18(17)2)31-29(37)30(22)25-24(23(32-30)16-20-9-11-21(34)12-10-20)27(35)33(28(25)36)15-14-19-6-4-3-5-7-19/h3-13,23-25,32,34H,14-16H2,1-2H3,(H,31,37)/t23-,24-,25-,30+/m1/s1. The van der Waals surface area contributed by atoms with Crippen LogP contribution in [0.25, 0.3) is 0 Å². The fourth-order valence-electron chi connectivity index (χ4n) is 6.35. The van der Waals surface area contributed by atoms with E-state index in [0.717, 1.165) is 33.5 Å². The first-order valence-corrected chi connectivity index (χ1v) is 12.7. The number of benzene rings is 3. The lowest BCUT2D eigenvalue weighted by atomic mass is 9.75. The SMILES string of the molecule is Cc1ccc2c(c1C)NC(=O)[C@]21N[C@H](Cc2ccc(O)cc2)[C@H]2C(=O)N(CCc3ccccc3)C(=O)[C@@H]21. The molecule has 4 atom stereocenters. The lowest BCUT2D eigenvalue weighted by molar-refractivity contribution is -0.142. The maximum atomic E-state index is 14.0. The van der Waals surface area contributed by atoms with Crippen molar-refractivity contribution in [3.63, 3.8) is 0 Å². The van der Waals surface area contributed by atoms with Gasteiger partial charge in [-0.2, -0.15) is 0 Å². The Morgan fingerprint density at radius 2 is 1.62 bits per heavy atom. The van der Waals surface area contributed by atoms with Crippen molar-refractivity contribution in [1.29, 1.82) is 0 Å². The van der Waals surface area contributed by atoms with Crippen molar-refractivity contribution in [1.82, 2.24) is 10.2 Å². The normalized spacial score (nSPS) is 26.1. The predicted molar refractivity (Wildman–Crippen MR) is 139 cm³/mol. The second-order valence-electron chi connectivity index (χ2n) is 10.4. The topological polar surface area (TPSA) is 98.7 Å². The van der Waals surface area contributed by atoms with Gasteiger partial charge in [-0.15, -0.1) is 0 Å². The predicted octanol–water partition coefficient (Wildman–Crippen LogP) is 3.21. The molecule has 7 heteroatoms. The third-order valence-corrected chi connectivity index (χ3v) is 8.37. The Bertz CT molecular complexity index is 1420. The van der Waals surface area contributed by atoms with Gasteiger partial charge in [0.1, 0.15) is 11.3 Å². The summed E-state index contributed by atoms with van der Waals surface area (Å²) >= 11 is 0. The zero-order valence-electron chi connectivity index (χ0n) is 20.8. The number of fused-ring (bicyclic) bond motifs is 4. The average Bonchev–Trinajstić information content (AvgIpc) is 3.47. The number of imide groups is 1. The van der Waals surface area contributed by atoms with Crippen molar-refractivity contribution >= 4 is 23.4 Å². The molecule has 0 aliphatic carbocycles. The van der Waals surface area contributed by atoms with E-state index in [1.165, 1.54) is 4.90 Å². The van der Waals surface area contributed by atoms with Gasteiger partial charge in [0.2, 0.25) is 17.7 Å². The van der Waals surface area contributed by atoms with Gasteiger partial charge in [-0.1, -0.05) is 54.6 Å². The molecule has 188 valence electrons. The molecule has 2 saturated heterocycles. The molecule has 0 bridgehead atoms. The molecule has 3 amide bonds. The lowest BCUT2D eigenvalue weighted by Gasteiger charge is -2.29. The van der Waals surface area contributed by atoms with Gasteiger partial charge in [0.15, 0.2) is 0 Å². The highest BCUT2D eigenvalue weighted by Crippen LogP contribution is 2.54. The number of anilines is 1. The number of aromatic hydroxyl groups is 1. The van der Waals surface area contributed by atoms with Crippen LogP contribution in [-0.2, 0) is 32.8 Å². The smallest absolute Gasteiger partial charge is 0.250 e. The van der Waals surface area contributed by atoms with E-state index in [4.69, 9.17) is 0 Å². The molecule has 3 aliphatic heterocycles. The van der Waals surface area contributed by atoms with Crippen LogP contribution in [-0.4, -0.2) is 40.3 Å². The van der Waals surface area contributed by atoms with Crippen LogP contribution in [0.15, 0.2) is 66.7 Å². The van der Waals surface area contributed by atoms with E-state index in [0.29, 0.717) is 12.8 Å². The molecule has 7 nitrogen and oxygen atoms in total. The highest BCUT2D eigenvalue weighted by molar-refractivity contribution is 6.15. The minimum Gasteiger partial charge on any atom is -0.508 e. The van der Waals surface area contributed by atoms with Gasteiger partial charge in [0, 0.05) is 23.8 Å². The number of likely N-dealkylation sites (tertiary alicyclic amines) is 1. The second-order valence-corrected chi connectivity index (χ2v) is 10.4. The minimum absolute atomic E-state index is 0.159. The minimum atomic E-state index is -1.31. The number of hydrogen-bond donors (Lipinski definition) is 3. The molecule has 3 heterocycles. The van der Waals surface area contributed by atoms with E-state index in [2.05, 4.69) is 10.6 Å². The van der Waals surface area contributed by atoms with E-state index in [1.807, 2.05) is 68.4 Å². The van der Waals surface area contributed by atoms with Crippen molar-refractivity contribution in [3.8, 4) is 5.75 Å². The number of amides is 3. The maximum absolute atomic E-state index is 14.0. The summed E-state index contributed by atoms with van der Waals surface area (Å²) in [5.74, 6) is -2.16. The number of aryl methyl sites for hydroxylation is 1. The number of phenolic OH excluding ortho intramolecular Hbond substituents is 1. The molecule has 3 aromatic rings. The maximum Gasteiger partial charge on any atom is 0.250 e. The van der Waals surface area contributed by atoms with E-state index >= 15 is 0 Å². The van der Waals surface area contributed by atoms with Gasteiger partial charge < -0.3 is 10.4 Å². The quantitative estimate of drug-likeness (QED) is 0.472. The fourth-order valence-corrected chi connectivity index (χ4v) is 6.35. The van der Waals surface area contributed by atoms with Crippen LogP contribution in [0.1, 0.15) is 27.8 Å². The Labute approximate surface area is 215 Å². The number of carbonyl (C=O) groups is 3. The molecule has 0 aromatic heterocycles. The first-order valence-electron chi connectivity index (χ1n) is 12.7. The Kier molecular flexibility index (Phi) is 5.42. The highest BCUT2D eigenvalue weighted by Gasteiger charge is 2.70. The van der Waals surface area contributed by atoms with Gasteiger partial charge in [0.05, 0.1) is 11.8 Å². The fraction of sp³-hybridized carbons (Fsp3) is 0.300. The first-order chi connectivity index (χ1) is 17.8. The van der Waals surface area contributed by atoms with Crippen LogP contribution in [0.3, 0.4) is 0 Å². The zero-order chi connectivity index (χ0) is 25.9. The van der Waals surface area contributed by atoms with Crippen LogP contribution in [0, 0.1) is 25.7 Å². The molecule has 6 rings (SSSR count). The largest absolute Gasteiger partial charge is 0.508 e. The molecule has 2 fully saturated rings. The molecule has 1 spiro atoms. The number of hydrogen-bond acceptors (Lipinski definition) is 5. The van der Waals surface area contributed by atoms with Gasteiger partial charge in [0.25, 0.3) is 0 Å². The van der Waals surface area contributed by atoms with Crippen molar-refractivity contribution < 1.29 is 19.5 Å². The molecule has 3 aromatic carbocycles. The van der Waals surface area contributed by atoms with Gasteiger partial charge >= 0.3 is 0 Å². The summed E-state index contributed by atoms with van der Waals surface area (Å²) in [6, 6.07) is 20.1. The molecule has 3 aliphatic rings. The third kappa shape index (κ3) is 3.49. The van der Waals surface area contributed by atoms with Gasteiger partial charge in [-0.25, -0.2) is 0 Å². The summed E-state index contributed by atoms with van der Waals surface area (Å²) in [7, 11) is 0. The summed E-state index contributed by atoms with van der Waals surface area (Å²) in [5.41, 5.74) is 4.11. The number of carbonyl (C=O) groups excluding carboxylic acids is 3. The monoisotopic (exact) mass is 495 g/mol. The first kappa shape index (κ1) is 23.4. The number of nitrogens with zero attached hydrogens (tertiary/aromatic N) is 1. The van der Waals surface area contributed by atoms with E-state index in [1.54, 1.807) is 12.1 Å². The summed E-state index contributed by atoms with van der Waals surface area (Å²) < 4.78 is 0. The summed E-state index contributed by atoms with van der Waals surface area (Å²) in [6.45, 7) is 4.22. The van der Waals surface area contributed by atoms with Crippen molar-refractivity contribution in [2.45, 2.75) is 38.3 Å². The van der Waals surface area contributed by atoms with Crippen LogP contribution in [0.2, 0.25) is 0 Å². The van der Waals surface area contributed by atoms with Crippen molar-refractivity contribution in [2.75, 3.05) is 11.9 Å². The van der Waals surface area contributed by atoms with Gasteiger partial charge in [-0.05, 0) is 61.1 Å². The van der Waals surface area contributed by atoms with Crippen molar-refractivity contribution in [2.24, 2.45) is 11.8 Å². The number of phenols is 1. The molecule has 0 unspecified atom stereocenters. The zero-order valence-corrected chi connectivity index (χ0v) is 20.8. The molecule has 0 radical (unpaired) electrons. The number of rotatable bonds is 5. The second kappa shape index (κ2) is 8.56. The lowest BCUT2D eigenvalue weighted by Crippen LogP contribution is -2.53. The average molecular weight is 496 g/mol. The summed E-state index contributed by atoms with van der Waals surface area (Å²) in [6.07, 6.45) is 1.00. The van der Waals surface area contributed by atoms with Crippen molar-refractivity contribution in [3.05, 3.63) is 94.5 Å². The van der Waals surface area contributed by atoms with Crippen LogP contribution >= 0.6 is 0 Å². The Hall–Kier alpha value is -3.97. The molecule has 3 N–H and O–H groups in total. The van der Waals surface area contributed by atoms with E-state index in [9.17, 15) is 19.5 Å². The highest BCUT2D eigenvalue weighted by atomic mass is 16.3. The Morgan fingerprint density at radius 3 is 2.35 bits per heavy atom. The van der Waals surface area contributed by atoms with E-state index in [-0.39, 0.29) is 30.0 Å². The Balaban J connectivity index is 1.41. The number of nitrogens with one attached hydrogen (secondary N) is 2. The van der Waals surface area contributed by atoms with Crippen LogP contribution < -0.4 is 10.6 Å². The van der Waals surface area contributed by atoms with E-state index < -0.39 is 23.4 Å². The molecule has 37 heavy (non-hydrogen) atoms. The molecular formula is C30H29N3O4.